The third kappa shape index (κ3) is 5.53. The van der Waals surface area contributed by atoms with Crippen LogP contribution in [0.1, 0.15) is 5.56 Å². The Hall–Kier alpha value is -2.44. The van der Waals surface area contributed by atoms with Gasteiger partial charge in [0.2, 0.25) is 0 Å². The summed E-state index contributed by atoms with van der Waals surface area (Å²) < 4.78 is 63.8. The van der Waals surface area contributed by atoms with Crippen LogP contribution in [-0.2, 0) is 10.5 Å². The Morgan fingerprint density at radius 1 is 0.964 bits per heavy atom. The Morgan fingerprint density at radius 3 is 1.82 bits per heavy atom. The van der Waals surface area contributed by atoms with Gasteiger partial charge in [0, 0.05) is 5.75 Å². The number of halogens is 5. The normalized spacial score (nSPS) is 15.2. The zero-order valence-electron chi connectivity index (χ0n) is 14.0. The van der Waals surface area contributed by atoms with E-state index >= 15 is 0 Å². The molecule has 0 aliphatic heterocycles. The van der Waals surface area contributed by atoms with Crippen molar-refractivity contribution in [2.75, 3.05) is 0 Å². The minimum atomic E-state index is -9.69. The largest absolute Gasteiger partial charge is 0.477 e. The van der Waals surface area contributed by atoms with Gasteiger partial charge in [-0.05, 0) is 28.8 Å². The summed E-state index contributed by atoms with van der Waals surface area (Å²) >= 11 is 1.05. The van der Waals surface area contributed by atoms with Gasteiger partial charge in [0.05, 0.1) is 0 Å². The van der Waals surface area contributed by atoms with Crippen LogP contribution in [0.2, 0.25) is 0 Å². The maximum absolute atomic E-state index is 12.8. The molecule has 0 atom stereocenters. The average Bonchev–Trinajstić information content (AvgIpc) is 2.60. The van der Waals surface area contributed by atoms with Crippen LogP contribution in [0.4, 0.5) is 19.4 Å². The molecule has 0 heterocycles. The van der Waals surface area contributed by atoms with Crippen LogP contribution in [-0.4, -0.2) is 11.1 Å². The van der Waals surface area contributed by atoms with E-state index in [4.69, 9.17) is 16.7 Å². The summed E-state index contributed by atoms with van der Waals surface area (Å²) in [7, 11) is -9.69. The molecular formula is C16H16F5N3O2S2. The number of thioether (sulfide) groups is 1. The van der Waals surface area contributed by atoms with E-state index in [0.717, 1.165) is 29.5 Å². The second kappa shape index (κ2) is 6.87. The third-order valence-corrected chi connectivity index (χ3v) is 5.84. The van der Waals surface area contributed by atoms with Crippen molar-refractivity contribution in [2.45, 2.75) is 10.6 Å². The van der Waals surface area contributed by atoms with Gasteiger partial charge in [-0.3, -0.25) is 0 Å². The van der Waals surface area contributed by atoms with Crippen molar-refractivity contribution in [1.82, 2.24) is 5.43 Å². The Morgan fingerprint density at radius 2 is 1.43 bits per heavy atom. The molecule has 28 heavy (non-hydrogen) atoms. The topological polar surface area (TPSA) is 101 Å². The lowest BCUT2D eigenvalue weighted by Crippen LogP contribution is -2.26. The Kier molecular flexibility index (Phi) is 5.36. The lowest BCUT2D eigenvalue weighted by atomic mass is 10.0. The molecule has 2 aromatic rings. The Balaban J connectivity index is 2.15. The molecule has 12 heteroatoms. The van der Waals surface area contributed by atoms with Crippen LogP contribution in [0.5, 0.6) is 0 Å². The first-order chi connectivity index (χ1) is 12.7. The first-order valence-corrected chi connectivity index (χ1v) is 10.4. The molecular weight excluding hydrogens is 425 g/mol. The number of nitrogens with one attached hydrogen (secondary N) is 1. The second-order valence-corrected chi connectivity index (χ2v) is 9.07. The molecule has 0 saturated carbocycles. The van der Waals surface area contributed by atoms with Gasteiger partial charge in [-0.15, -0.1) is 11.8 Å². The van der Waals surface area contributed by atoms with E-state index < -0.39 is 26.8 Å². The van der Waals surface area contributed by atoms with Gasteiger partial charge < -0.3 is 16.3 Å². The van der Waals surface area contributed by atoms with Crippen LogP contribution in [0.15, 0.2) is 64.2 Å². The molecule has 0 bridgehead atoms. The van der Waals surface area contributed by atoms with E-state index in [-0.39, 0.29) is 5.03 Å². The Labute approximate surface area is 161 Å². The van der Waals surface area contributed by atoms with Gasteiger partial charge in [0.15, 0.2) is 0 Å². The van der Waals surface area contributed by atoms with Gasteiger partial charge in [-0.2, -0.15) is 0 Å². The van der Waals surface area contributed by atoms with Crippen LogP contribution >= 0.6 is 22.0 Å². The average molecular weight is 441 g/mol. The molecule has 5 nitrogen and oxygen atoms in total. The molecule has 0 unspecified atom stereocenters. The van der Waals surface area contributed by atoms with Gasteiger partial charge >= 0.3 is 16.2 Å². The number of carboxylic acid groups (broad SMARTS) is 1. The standard InChI is InChI=1S/C16H16F5N3O2S2/c17-28(18,19,20,21)13-7-5-12(6-8-13)11-3-1-10(2-4-11)9-27-15(24-23)14(22)16(25)26/h1-8,24H,9,22-23H2,(H,25,26)/b15-14+. The maximum Gasteiger partial charge on any atom is 0.354 e. The van der Waals surface area contributed by atoms with Crippen LogP contribution in [0, 0.1) is 0 Å². The number of carboxylic acids is 1. The molecule has 0 saturated heterocycles. The number of hydrogen-bond donors (Lipinski definition) is 4. The molecule has 0 fully saturated rings. The van der Waals surface area contributed by atoms with Gasteiger partial charge in [-0.25, -0.2) is 10.6 Å². The number of benzene rings is 2. The first kappa shape index (κ1) is 21.9. The maximum atomic E-state index is 12.8. The number of rotatable bonds is 7. The van der Waals surface area contributed by atoms with Gasteiger partial charge in [0.1, 0.15) is 15.6 Å². The van der Waals surface area contributed by atoms with Crippen LogP contribution in [0.3, 0.4) is 0 Å². The predicted octanol–water partition coefficient (Wildman–Crippen LogP) is 4.92. The van der Waals surface area contributed by atoms with Crippen molar-refractivity contribution in [3.8, 4) is 11.1 Å². The van der Waals surface area contributed by atoms with Crippen molar-refractivity contribution in [2.24, 2.45) is 11.6 Å². The fraction of sp³-hybridized carbons (Fsp3) is 0.0625. The smallest absolute Gasteiger partial charge is 0.354 e. The van der Waals surface area contributed by atoms with E-state index in [2.05, 4.69) is 5.43 Å². The predicted molar refractivity (Wildman–Crippen MR) is 101 cm³/mol. The zero-order chi connectivity index (χ0) is 21.2. The van der Waals surface area contributed by atoms with Crippen molar-refractivity contribution >= 4 is 28.0 Å². The summed E-state index contributed by atoms with van der Waals surface area (Å²) in [5, 5.41) is 8.91. The molecule has 154 valence electrons. The lowest BCUT2D eigenvalue weighted by molar-refractivity contribution is -0.132. The summed E-state index contributed by atoms with van der Waals surface area (Å²) in [6.07, 6.45) is 0. The highest BCUT2D eigenvalue weighted by atomic mass is 32.5. The molecule has 0 aliphatic carbocycles. The fourth-order valence-electron chi connectivity index (χ4n) is 2.15. The van der Waals surface area contributed by atoms with E-state index in [1.807, 2.05) is 0 Å². The summed E-state index contributed by atoms with van der Waals surface area (Å²) in [5.74, 6) is 4.22. The Bertz CT molecular complexity index is 915. The number of hydrogen-bond acceptors (Lipinski definition) is 5. The molecule has 2 rings (SSSR count). The van der Waals surface area contributed by atoms with Crippen molar-refractivity contribution in [3.05, 3.63) is 64.8 Å². The minimum Gasteiger partial charge on any atom is -0.477 e. The van der Waals surface area contributed by atoms with Crippen LogP contribution in [0.25, 0.3) is 11.1 Å². The lowest BCUT2D eigenvalue weighted by Gasteiger charge is -2.40. The minimum absolute atomic E-state index is 0.0724. The third-order valence-electron chi connectivity index (χ3n) is 3.58. The van der Waals surface area contributed by atoms with E-state index in [1.165, 1.54) is 0 Å². The summed E-state index contributed by atoms with van der Waals surface area (Å²) in [4.78, 5) is 8.89. The molecule has 0 aromatic heterocycles. The highest BCUT2D eigenvalue weighted by Gasteiger charge is 2.65. The SMILES string of the molecule is NN/C(SCc1ccc(-c2ccc(S(F)(F)(F)(F)F)cc2)cc1)=C(\N)C(=O)O. The monoisotopic (exact) mass is 441 g/mol. The van der Waals surface area contributed by atoms with E-state index in [9.17, 15) is 24.2 Å². The van der Waals surface area contributed by atoms with Crippen molar-refractivity contribution in [3.63, 3.8) is 0 Å². The van der Waals surface area contributed by atoms with Gasteiger partial charge in [-0.1, -0.05) is 55.8 Å². The highest BCUT2D eigenvalue weighted by Crippen LogP contribution is 3.02. The van der Waals surface area contributed by atoms with E-state index in [0.29, 0.717) is 29.0 Å². The fourth-order valence-corrected chi connectivity index (χ4v) is 3.63. The van der Waals surface area contributed by atoms with Crippen molar-refractivity contribution < 1.29 is 29.3 Å². The summed E-state index contributed by atoms with van der Waals surface area (Å²) in [5.41, 5.74) is 8.76. The first-order valence-electron chi connectivity index (χ1n) is 7.47. The molecule has 2 aromatic carbocycles. The number of hydrazine groups is 1. The summed E-state index contributed by atoms with van der Waals surface area (Å²) in [6, 6.07) is 9.19. The molecule has 0 radical (unpaired) electrons. The number of carbonyl (C=O) groups is 1. The second-order valence-electron chi connectivity index (χ2n) is 5.67. The zero-order valence-corrected chi connectivity index (χ0v) is 15.7. The quantitative estimate of drug-likeness (QED) is 0.211. The molecule has 0 spiro atoms. The summed E-state index contributed by atoms with van der Waals surface area (Å²) in [6.45, 7) is 0. The van der Waals surface area contributed by atoms with Crippen LogP contribution < -0.4 is 17.0 Å². The van der Waals surface area contributed by atoms with E-state index in [1.54, 1.807) is 24.3 Å². The van der Waals surface area contributed by atoms with Gasteiger partial charge in [0.25, 0.3) is 0 Å². The number of nitrogens with two attached hydrogens (primary N) is 2. The molecule has 6 N–H and O–H groups in total. The highest BCUT2D eigenvalue weighted by molar-refractivity contribution is 8.45. The molecule has 0 amide bonds. The van der Waals surface area contributed by atoms with Crippen molar-refractivity contribution in [1.29, 1.82) is 0 Å². The molecule has 0 aliphatic rings. The number of aliphatic carboxylic acids is 1.